The Balaban J connectivity index is 1.76. The third-order valence-corrected chi connectivity index (χ3v) is 3.90. The number of fused-ring (bicyclic) bond motifs is 1. The molecule has 2 aromatic rings. The Labute approximate surface area is 147 Å². The largest absolute Gasteiger partial charge is 0.454 e. The van der Waals surface area contributed by atoms with Crippen LogP contribution >= 0.6 is 0 Å². The van der Waals surface area contributed by atoms with Gasteiger partial charge in [0.05, 0.1) is 16.6 Å². The number of nitro groups is 1. The second-order valence-electron chi connectivity index (χ2n) is 5.73. The highest BCUT2D eigenvalue weighted by molar-refractivity contribution is 6.13. The van der Waals surface area contributed by atoms with E-state index in [0.29, 0.717) is 11.3 Å². The van der Waals surface area contributed by atoms with E-state index in [1.165, 1.54) is 18.2 Å². The summed E-state index contributed by atoms with van der Waals surface area (Å²) in [7, 11) is 0. The molecule has 0 N–H and O–H groups in total. The minimum atomic E-state index is -0.673. The van der Waals surface area contributed by atoms with Gasteiger partial charge in [0, 0.05) is 5.56 Å². The van der Waals surface area contributed by atoms with Crippen molar-refractivity contribution in [3.63, 3.8) is 0 Å². The molecule has 0 bridgehead atoms. The summed E-state index contributed by atoms with van der Waals surface area (Å²) in [4.78, 5) is 27.1. The third kappa shape index (κ3) is 2.77. The first-order valence-corrected chi connectivity index (χ1v) is 7.69. The van der Waals surface area contributed by atoms with Crippen LogP contribution in [0, 0.1) is 17.0 Å². The molecule has 0 saturated carbocycles. The van der Waals surface area contributed by atoms with Crippen molar-refractivity contribution in [1.29, 1.82) is 0 Å². The van der Waals surface area contributed by atoms with Crippen molar-refractivity contribution < 1.29 is 23.9 Å². The van der Waals surface area contributed by atoms with E-state index < -0.39 is 10.9 Å². The van der Waals surface area contributed by atoms with Crippen molar-refractivity contribution in [3.8, 4) is 11.5 Å². The van der Waals surface area contributed by atoms with Crippen LogP contribution in [0.4, 0.5) is 5.69 Å². The van der Waals surface area contributed by atoms with Gasteiger partial charge < -0.3 is 14.2 Å². The average Bonchev–Trinajstić information content (AvgIpc) is 3.20. The van der Waals surface area contributed by atoms with E-state index in [2.05, 4.69) is 4.99 Å². The predicted octanol–water partition coefficient (Wildman–Crippen LogP) is 2.98. The molecule has 4 rings (SSSR count). The summed E-state index contributed by atoms with van der Waals surface area (Å²) in [6, 6.07) is 10.0. The van der Waals surface area contributed by atoms with E-state index in [4.69, 9.17) is 14.2 Å². The van der Waals surface area contributed by atoms with Gasteiger partial charge in [-0.25, -0.2) is 9.79 Å². The lowest BCUT2D eigenvalue weighted by Crippen LogP contribution is -2.05. The molecule has 2 heterocycles. The highest BCUT2D eigenvalue weighted by atomic mass is 16.7. The van der Waals surface area contributed by atoms with E-state index in [1.807, 2.05) is 25.1 Å². The predicted molar refractivity (Wildman–Crippen MR) is 91.0 cm³/mol. The first-order valence-electron chi connectivity index (χ1n) is 7.69. The minimum absolute atomic E-state index is 0.00971. The standard InChI is InChI=1S/C18H12N2O6/c1-10-3-2-4-11(5-10)17-19-13(18(21)26-17)6-12-7-15-16(25-9-24-15)8-14(12)20(22)23/h2-8H,9H2,1H3/b13-6-. The Morgan fingerprint density at radius 1 is 1.19 bits per heavy atom. The molecule has 8 heteroatoms. The number of benzene rings is 2. The first kappa shape index (κ1) is 15.8. The van der Waals surface area contributed by atoms with Crippen LogP contribution in [0.25, 0.3) is 6.08 Å². The van der Waals surface area contributed by atoms with E-state index in [1.54, 1.807) is 6.07 Å². The number of carbonyl (C=O) groups excluding carboxylic acids is 1. The van der Waals surface area contributed by atoms with Crippen LogP contribution in [0.1, 0.15) is 16.7 Å². The number of nitrogens with zero attached hydrogens (tertiary/aromatic N) is 2. The van der Waals surface area contributed by atoms with Gasteiger partial charge in [-0.3, -0.25) is 10.1 Å². The molecule has 0 unspecified atom stereocenters. The van der Waals surface area contributed by atoms with Crippen LogP contribution in [-0.2, 0) is 9.53 Å². The lowest BCUT2D eigenvalue weighted by Gasteiger charge is -2.01. The monoisotopic (exact) mass is 352 g/mol. The number of aliphatic imine (C=N–C) groups is 1. The molecule has 0 saturated heterocycles. The number of nitro benzene ring substituents is 1. The molecule has 26 heavy (non-hydrogen) atoms. The Bertz CT molecular complexity index is 1010. The lowest BCUT2D eigenvalue weighted by atomic mass is 10.1. The molecular weight excluding hydrogens is 340 g/mol. The lowest BCUT2D eigenvalue weighted by molar-refractivity contribution is -0.385. The van der Waals surface area contributed by atoms with Crippen molar-refractivity contribution in [2.45, 2.75) is 6.92 Å². The second kappa shape index (κ2) is 5.99. The maximum atomic E-state index is 12.1. The van der Waals surface area contributed by atoms with Gasteiger partial charge in [-0.05, 0) is 31.2 Å². The molecular formula is C18H12N2O6. The summed E-state index contributed by atoms with van der Waals surface area (Å²) in [6.07, 6.45) is 1.31. The molecule has 0 aliphatic carbocycles. The molecule has 2 aromatic carbocycles. The quantitative estimate of drug-likeness (QED) is 0.364. The SMILES string of the molecule is Cc1cccc(C2=N/C(=C\c3cc4c(cc3[N+](=O)[O-])OCO4)C(=O)O2)c1. The van der Waals surface area contributed by atoms with Crippen molar-refractivity contribution in [1.82, 2.24) is 0 Å². The topological polar surface area (TPSA) is 100 Å². The van der Waals surface area contributed by atoms with Crippen molar-refractivity contribution in [2.24, 2.45) is 4.99 Å². The summed E-state index contributed by atoms with van der Waals surface area (Å²) in [5, 5.41) is 11.3. The Kier molecular flexibility index (Phi) is 3.65. The molecule has 0 amide bonds. The van der Waals surface area contributed by atoms with Gasteiger partial charge in [0.1, 0.15) is 0 Å². The Morgan fingerprint density at radius 3 is 2.69 bits per heavy atom. The molecule has 0 spiro atoms. The summed E-state index contributed by atoms with van der Waals surface area (Å²) in [5.74, 6) is 0.148. The Hall–Kier alpha value is -3.68. The number of hydrogen-bond donors (Lipinski definition) is 0. The van der Waals surface area contributed by atoms with Crippen LogP contribution in [0.3, 0.4) is 0 Å². The van der Waals surface area contributed by atoms with E-state index in [0.717, 1.165) is 5.56 Å². The fraction of sp³-hybridized carbons (Fsp3) is 0.111. The highest BCUT2D eigenvalue weighted by Gasteiger charge is 2.27. The Morgan fingerprint density at radius 2 is 1.96 bits per heavy atom. The third-order valence-electron chi connectivity index (χ3n) is 3.90. The number of cyclic esters (lactones) is 1. The highest BCUT2D eigenvalue weighted by Crippen LogP contribution is 2.39. The van der Waals surface area contributed by atoms with Gasteiger partial charge >= 0.3 is 5.97 Å². The second-order valence-corrected chi connectivity index (χ2v) is 5.73. The number of ether oxygens (including phenoxy) is 3. The number of rotatable bonds is 3. The van der Waals surface area contributed by atoms with Gasteiger partial charge in [-0.2, -0.15) is 0 Å². The van der Waals surface area contributed by atoms with Crippen LogP contribution in [0.15, 0.2) is 47.1 Å². The summed E-state index contributed by atoms with van der Waals surface area (Å²) in [6.45, 7) is 1.90. The van der Waals surface area contributed by atoms with Crippen LogP contribution < -0.4 is 9.47 Å². The zero-order valence-corrected chi connectivity index (χ0v) is 13.6. The molecule has 0 atom stereocenters. The molecule has 2 aliphatic heterocycles. The van der Waals surface area contributed by atoms with Gasteiger partial charge in [-0.1, -0.05) is 17.7 Å². The van der Waals surface area contributed by atoms with Crippen molar-refractivity contribution in [3.05, 3.63) is 68.9 Å². The molecule has 8 nitrogen and oxygen atoms in total. The van der Waals surface area contributed by atoms with E-state index in [-0.39, 0.29) is 35.4 Å². The molecule has 0 fully saturated rings. The fourth-order valence-corrected chi connectivity index (χ4v) is 2.68. The maximum absolute atomic E-state index is 12.1. The minimum Gasteiger partial charge on any atom is -0.454 e. The number of carbonyl (C=O) groups is 1. The summed E-state index contributed by atoms with van der Waals surface area (Å²) in [5.41, 5.74) is 1.59. The molecule has 0 radical (unpaired) electrons. The summed E-state index contributed by atoms with van der Waals surface area (Å²) >= 11 is 0. The van der Waals surface area contributed by atoms with Crippen LogP contribution in [0.5, 0.6) is 11.5 Å². The molecule has 130 valence electrons. The normalized spacial score (nSPS) is 16.6. The van der Waals surface area contributed by atoms with Gasteiger partial charge in [0.25, 0.3) is 5.69 Å². The average molecular weight is 352 g/mol. The maximum Gasteiger partial charge on any atom is 0.363 e. The van der Waals surface area contributed by atoms with Crippen LogP contribution in [0.2, 0.25) is 0 Å². The number of esters is 1. The van der Waals surface area contributed by atoms with E-state index >= 15 is 0 Å². The molecule has 2 aliphatic rings. The van der Waals surface area contributed by atoms with Gasteiger partial charge in [0.2, 0.25) is 12.7 Å². The van der Waals surface area contributed by atoms with Crippen molar-refractivity contribution >= 4 is 23.6 Å². The number of aryl methyl sites for hydroxylation is 1. The fourth-order valence-electron chi connectivity index (χ4n) is 2.68. The van der Waals surface area contributed by atoms with Gasteiger partial charge in [-0.15, -0.1) is 0 Å². The molecule has 0 aromatic heterocycles. The number of hydrogen-bond acceptors (Lipinski definition) is 7. The smallest absolute Gasteiger partial charge is 0.363 e. The van der Waals surface area contributed by atoms with Crippen molar-refractivity contribution in [2.75, 3.05) is 6.79 Å². The summed E-state index contributed by atoms with van der Waals surface area (Å²) < 4.78 is 15.6. The van der Waals surface area contributed by atoms with Crippen LogP contribution in [-0.4, -0.2) is 23.6 Å². The van der Waals surface area contributed by atoms with Gasteiger partial charge in [0.15, 0.2) is 17.2 Å². The van der Waals surface area contributed by atoms with E-state index in [9.17, 15) is 14.9 Å². The zero-order valence-electron chi connectivity index (χ0n) is 13.6. The first-order chi connectivity index (χ1) is 12.5. The zero-order chi connectivity index (χ0) is 18.3.